The van der Waals surface area contributed by atoms with Crippen LogP contribution in [0.3, 0.4) is 0 Å². The lowest BCUT2D eigenvalue weighted by molar-refractivity contribution is -0.120. The summed E-state index contributed by atoms with van der Waals surface area (Å²) < 4.78 is 0. The molecule has 1 nitrogen and oxygen atoms in total. The maximum Gasteiger partial charge on any atom is 0.136 e. The van der Waals surface area contributed by atoms with Gasteiger partial charge in [-0.2, -0.15) is 0 Å². The average Bonchev–Trinajstić information content (AvgIpc) is 2.29. The van der Waals surface area contributed by atoms with Crippen molar-refractivity contribution in [2.75, 3.05) is 0 Å². The third-order valence-electron chi connectivity index (χ3n) is 2.72. The van der Waals surface area contributed by atoms with Crippen LogP contribution in [0.1, 0.15) is 40.5 Å². The van der Waals surface area contributed by atoms with E-state index < -0.39 is 0 Å². The molecule has 2 atom stereocenters. The van der Waals surface area contributed by atoms with E-state index >= 15 is 0 Å². The summed E-state index contributed by atoms with van der Waals surface area (Å²) in [5, 5.41) is 0. The molecule has 0 aromatic carbocycles. The van der Waals surface area contributed by atoms with E-state index in [1.54, 1.807) is 0 Å². The summed E-state index contributed by atoms with van der Waals surface area (Å²) in [6.45, 7) is 8.60. The maximum absolute atomic E-state index is 11.3. The van der Waals surface area contributed by atoms with Gasteiger partial charge in [0.1, 0.15) is 5.78 Å². The highest BCUT2D eigenvalue weighted by Gasteiger charge is 2.28. The molecular weight excluding hydrogens is 160 g/mol. The van der Waals surface area contributed by atoms with Crippen LogP contribution in [0, 0.1) is 17.3 Å². The van der Waals surface area contributed by atoms with Gasteiger partial charge in [-0.15, -0.1) is 0 Å². The third kappa shape index (κ3) is 2.98. The summed E-state index contributed by atoms with van der Waals surface area (Å²) in [6.07, 6.45) is 6.29. The van der Waals surface area contributed by atoms with E-state index in [9.17, 15) is 4.79 Å². The molecule has 0 N–H and O–H groups in total. The lowest BCUT2D eigenvalue weighted by atomic mass is 9.91. The van der Waals surface area contributed by atoms with Crippen molar-refractivity contribution < 1.29 is 4.79 Å². The van der Waals surface area contributed by atoms with Crippen LogP contribution >= 0.6 is 0 Å². The van der Waals surface area contributed by atoms with E-state index in [0.717, 1.165) is 12.8 Å². The highest BCUT2D eigenvalue weighted by molar-refractivity contribution is 5.83. The van der Waals surface area contributed by atoms with Crippen LogP contribution in [-0.4, -0.2) is 5.78 Å². The van der Waals surface area contributed by atoms with Gasteiger partial charge in [0.25, 0.3) is 0 Å². The summed E-state index contributed by atoms with van der Waals surface area (Å²) in [5.74, 6) is 1.17. The monoisotopic (exact) mass is 180 g/mol. The first kappa shape index (κ1) is 10.5. The Kier molecular flexibility index (Phi) is 2.94. The number of hydrogen-bond donors (Lipinski definition) is 0. The molecule has 74 valence electrons. The summed E-state index contributed by atoms with van der Waals surface area (Å²) >= 11 is 0. The van der Waals surface area contributed by atoms with Gasteiger partial charge >= 0.3 is 0 Å². The zero-order chi connectivity index (χ0) is 10.1. The van der Waals surface area contributed by atoms with Crippen LogP contribution in [0.4, 0.5) is 0 Å². The van der Waals surface area contributed by atoms with Crippen LogP contribution < -0.4 is 0 Å². The molecule has 13 heavy (non-hydrogen) atoms. The van der Waals surface area contributed by atoms with E-state index in [0.29, 0.717) is 11.7 Å². The largest absolute Gasteiger partial charge is 0.299 e. The number of Topliss-reactive ketones (excluding diaryl/α,β-unsaturated/α-hetero) is 1. The van der Waals surface area contributed by atoms with Crippen molar-refractivity contribution in [3.63, 3.8) is 0 Å². The number of rotatable bonds is 1. The molecule has 1 fully saturated rings. The number of allylic oxidation sites excluding steroid dienone is 2. The van der Waals surface area contributed by atoms with Gasteiger partial charge in [-0.25, -0.2) is 0 Å². The molecular formula is C12H20O. The van der Waals surface area contributed by atoms with Gasteiger partial charge in [0, 0.05) is 12.3 Å². The van der Waals surface area contributed by atoms with Gasteiger partial charge in [-0.3, -0.25) is 4.79 Å². The normalized spacial score (nSPS) is 30.3. The highest BCUT2D eigenvalue weighted by Crippen LogP contribution is 2.30. The average molecular weight is 180 g/mol. The van der Waals surface area contributed by atoms with Crippen LogP contribution in [0.5, 0.6) is 0 Å². The van der Waals surface area contributed by atoms with Gasteiger partial charge in [-0.05, 0) is 17.8 Å². The second-order valence-corrected chi connectivity index (χ2v) is 5.18. The maximum atomic E-state index is 11.3. The van der Waals surface area contributed by atoms with Crippen LogP contribution in [0.2, 0.25) is 0 Å². The Labute approximate surface area is 81.2 Å². The molecule has 0 aliphatic heterocycles. The predicted molar refractivity (Wildman–Crippen MR) is 55.5 cm³/mol. The summed E-state index contributed by atoms with van der Waals surface area (Å²) in [7, 11) is 0. The zero-order valence-corrected chi connectivity index (χ0v) is 9.13. The molecule has 0 bridgehead atoms. The second-order valence-electron chi connectivity index (χ2n) is 5.18. The fourth-order valence-corrected chi connectivity index (χ4v) is 1.70. The molecule has 0 spiro atoms. The lowest BCUT2D eigenvalue weighted by Gasteiger charge is -2.14. The minimum Gasteiger partial charge on any atom is -0.299 e. The molecule has 0 unspecified atom stereocenters. The molecule has 0 aromatic heterocycles. The lowest BCUT2D eigenvalue weighted by Crippen LogP contribution is -2.09. The number of hydrogen-bond acceptors (Lipinski definition) is 1. The molecule has 1 aliphatic rings. The van der Waals surface area contributed by atoms with E-state index in [-0.39, 0.29) is 11.3 Å². The van der Waals surface area contributed by atoms with Crippen molar-refractivity contribution in [2.24, 2.45) is 17.3 Å². The Bertz CT molecular complexity index is 220. The molecule has 0 radical (unpaired) electrons. The van der Waals surface area contributed by atoms with E-state index in [1.807, 2.05) is 6.92 Å². The molecule has 0 heterocycles. The Morgan fingerprint density at radius 3 is 2.38 bits per heavy atom. The Hall–Kier alpha value is -0.590. The van der Waals surface area contributed by atoms with Crippen molar-refractivity contribution in [2.45, 2.75) is 40.5 Å². The van der Waals surface area contributed by atoms with E-state index in [4.69, 9.17) is 0 Å². The molecule has 1 saturated carbocycles. The number of ketones is 1. The minimum atomic E-state index is 0.241. The molecule has 1 rings (SSSR count). The van der Waals surface area contributed by atoms with Gasteiger partial charge in [0.05, 0.1) is 0 Å². The Morgan fingerprint density at radius 1 is 1.38 bits per heavy atom. The fraction of sp³-hybridized carbons (Fsp3) is 0.750. The standard InChI is InChI=1S/C12H20O/c1-9-10(5-6-11(9)13)7-8-12(2,3)4/h7-10H,5-6H2,1-4H3/b8-7+/t9-,10-/m1/s1. The SMILES string of the molecule is C[C@H]1C(=O)CC[C@@H]1/C=C/C(C)(C)C. The second kappa shape index (κ2) is 3.65. The smallest absolute Gasteiger partial charge is 0.136 e. The number of carbonyl (C=O) groups excluding carboxylic acids is 1. The zero-order valence-electron chi connectivity index (χ0n) is 9.13. The Balaban J connectivity index is 2.56. The predicted octanol–water partition coefficient (Wildman–Crippen LogP) is 3.20. The summed E-state index contributed by atoms with van der Waals surface area (Å²) in [5.41, 5.74) is 0.241. The van der Waals surface area contributed by atoms with Crippen LogP contribution in [0.25, 0.3) is 0 Å². The van der Waals surface area contributed by atoms with Crippen molar-refractivity contribution in [1.82, 2.24) is 0 Å². The molecule has 0 aromatic rings. The summed E-state index contributed by atoms with van der Waals surface area (Å²) in [4.78, 5) is 11.3. The molecule has 0 saturated heterocycles. The van der Waals surface area contributed by atoms with Crippen molar-refractivity contribution in [1.29, 1.82) is 0 Å². The Morgan fingerprint density at radius 2 is 2.00 bits per heavy atom. The fourth-order valence-electron chi connectivity index (χ4n) is 1.70. The van der Waals surface area contributed by atoms with Crippen LogP contribution in [-0.2, 0) is 4.79 Å². The van der Waals surface area contributed by atoms with Crippen LogP contribution in [0.15, 0.2) is 12.2 Å². The topological polar surface area (TPSA) is 17.1 Å². The summed E-state index contributed by atoms with van der Waals surface area (Å²) in [6, 6.07) is 0. The molecule has 1 aliphatic carbocycles. The first-order valence-corrected chi connectivity index (χ1v) is 5.12. The van der Waals surface area contributed by atoms with Crippen molar-refractivity contribution in [3.05, 3.63) is 12.2 Å². The molecule has 1 heteroatoms. The van der Waals surface area contributed by atoms with Crippen molar-refractivity contribution in [3.8, 4) is 0 Å². The van der Waals surface area contributed by atoms with E-state index in [2.05, 4.69) is 32.9 Å². The highest BCUT2D eigenvalue weighted by atomic mass is 16.1. The first-order valence-electron chi connectivity index (χ1n) is 5.12. The number of carbonyl (C=O) groups is 1. The van der Waals surface area contributed by atoms with Gasteiger partial charge < -0.3 is 0 Å². The molecule has 0 amide bonds. The van der Waals surface area contributed by atoms with E-state index in [1.165, 1.54) is 0 Å². The third-order valence-corrected chi connectivity index (χ3v) is 2.72. The minimum absolute atomic E-state index is 0.241. The van der Waals surface area contributed by atoms with Gasteiger partial charge in [-0.1, -0.05) is 39.8 Å². The van der Waals surface area contributed by atoms with Crippen molar-refractivity contribution >= 4 is 5.78 Å². The van der Waals surface area contributed by atoms with Gasteiger partial charge in [0.2, 0.25) is 0 Å². The van der Waals surface area contributed by atoms with Gasteiger partial charge in [0.15, 0.2) is 0 Å². The first-order chi connectivity index (χ1) is 5.90. The quantitative estimate of drug-likeness (QED) is 0.566.